The Hall–Kier alpha value is -0.0800. The van der Waals surface area contributed by atoms with Crippen molar-refractivity contribution in [2.75, 3.05) is 19.6 Å². The predicted molar refractivity (Wildman–Crippen MR) is 57.9 cm³/mol. The third kappa shape index (κ3) is 4.10. The monoisotopic (exact) mass is 184 g/mol. The molecule has 0 spiro atoms. The van der Waals surface area contributed by atoms with E-state index in [1.807, 2.05) is 0 Å². The van der Waals surface area contributed by atoms with Gasteiger partial charge in [0.25, 0.3) is 0 Å². The van der Waals surface area contributed by atoms with Crippen molar-refractivity contribution in [3.8, 4) is 0 Å². The highest BCUT2D eigenvalue weighted by molar-refractivity contribution is 4.86. The van der Waals surface area contributed by atoms with Crippen LogP contribution < -0.4 is 10.6 Å². The van der Waals surface area contributed by atoms with E-state index in [1.54, 1.807) is 0 Å². The first kappa shape index (κ1) is 11.0. The third-order valence-electron chi connectivity index (χ3n) is 2.90. The van der Waals surface area contributed by atoms with Gasteiger partial charge in [0.15, 0.2) is 0 Å². The second kappa shape index (κ2) is 4.43. The summed E-state index contributed by atoms with van der Waals surface area (Å²) in [7, 11) is 0. The minimum atomic E-state index is 0.243. The van der Waals surface area contributed by atoms with Gasteiger partial charge in [-0.2, -0.15) is 0 Å². The fraction of sp³-hybridized carbons (Fsp3) is 1.00. The van der Waals surface area contributed by atoms with Crippen molar-refractivity contribution < 1.29 is 0 Å². The molecular formula is C11H24N2. The molecule has 78 valence electrons. The van der Waals surface area contributed by atoms with Crippen LogP contribution in [0.15, 0.2) is 0 Å². The molecule has 0 aromatic carbocycles. The van der Waals surface area contributed by atoms with Crippen LogP contribution >= 0.6 is 0 Å². The van der Waals surface area contributed by atoms with Crippen LogP contribution in [0.3, 0.4) is 0 Å². The molecule has 1 fully saturated rings. The number of rotatable bonds is 6. The van der Waals surface area contributed by atoms with E-state index in [0.29, 0.717) is 0 Å². The SMILES string of the molecule is CCNC(C)(C)CNCC1CC1C. The lowest BCUT2D eigenvalue weighted by atomic mass is 10.1. The van der Waals surface area contributed by atoms with Gasteiger partial charge in [0.2, 0.25) is 0 Å². The zero-order chi connectivity index (χ0) is 9.90. The van der Waals surface area contributed by atoms with Crippen LogP contribution in [-0.2, 0) is 0 Å². The van der Waals surface area contributed by atoms with Crippen molar-refractivity contribution in [1.29, 1.82) is 0 Å². The highest BCUT2D eigenvalue weighted by Gasteiger charge is 2.32. The summed E-state index contributed by atoms with van der Waals surface area (Å²) in [6.45, 7) is 12.3. The van der Waals surface area contributed by atoms with E-state index in [2.05, 4.69) is 38.3 Å². The Morgan fingerprint density at radius 1 is 1.38 bits per heavy atom. The molecule has 1 saturated carbocycles. The second-order valence-electron chi connectivity index (χ2n) is 5.02. The molecule has 0 radical (unpaired) electrons. The van der Waals surface area contributed by atoms with Crippen LogP contribution in [0.25, 0.3) is 0 Å². The summed E-state index contributed by atoms with van der Waals surface area (Å²) < 4.78 is 0. The molecule has 1 aliphatic carbocycles. The molecule has 1 rings (SSSR count). The molecule has 0 aromatic rings. The van der Waals surface area contributed by atoms with Gasteiger partial charge in [-0.25, -0.2) is 0 Å². The average Bonchev–Trinajstić information content (AvgIpc) is 2.66. The molecular weight excluding hydrogens is 160 g/mol. The lowest BCUT2D eigenvalue weighted by molar-refractivity contribution is 0.370. The molecule has 0 saturated heterocycles. The van der Waals surface area contributed by atoms with Crippen molar-refractivity contribution in [2.24, 2.45) is 11.8 Å². The van der Waals surface area contributed by atoms with E-state index in [-0.39, 0.29) is 5.54 Å². The molecule has 2 heteroatoms. The quantitative estimate of drug-likeness (QED) is 0.655. The summed E-state index contributed by atoms with van der Waals surface area (Å²) in [4.78, 5) is 0. The number of hydrogen-bond acceptors (Lipinski definition) is 2. The van der Waals surface area contributed by atoms with E-state index in [1.165, 1.54) is 13.0 Å². The maximum Gasteiger partial charge on any atom is 0.0249 e. The van der Waals surface area contributed by atoms with Crippen molar-refractivity contribution in [3.05, 3.63) is 0 Å². The molecule has 0 bridgehead atoms. The summed E-state index contributed by atoms with van der Waals surface area (Å²) in [5, 5.41) is 7.01. The Morgan fingerprint density at radius 2 is 2.00 bits per heavy atom. The van der Waals surface area contributed by atoms with Gasteiger partial charge in [-0.05, 0) is 45.2 Å². The maximum atomic E-state index is 3.54. The van der Waals surface area contributed by atoms with Gasteiger partial charge < -0.3 is 10.6 Å². The molecule has 0 aromatic heterocycles. The minimum Gasteiger partial charge on any atom is -0.315 e. The number of nitrogens with one attached hydrogen (secondary N) is 2. The summed E-state index contributed by atoms with van der Waals surface area (Å²) in [6.07, 6.45) is 1.43. The Labute approximate surface area is 82.5 Å². The molecule has 2 atom stereocenters. The van der Waals surface area contributed by atoms with Gasteiger partial charge in [-0.15, -0.1) is 0 Å². The smallest absolute Gasteiger partial charge is 0.0249 e. The lowest BCUT2D eigenvalue weighted by Crippen LogP contribution is -2.47. The van der Waals surface area contributed by atoms with E-state index in [4.69, 9.17) is 0 Å². The fourth-order valence-corrected chi connectivity index (χ4v) is 1.79. The number of likely N-dealkylation sites (N-methyl/N-ethyl adjacent to an activating group) is 1. The molecule has 2 unspecified atom stereocenters. The van der Waals surface area contributed by atoms with Crippen molar-refractivity contribution >= 4 is 0 Å². The molecule has 0 aliphatic heterocycles. The highest BCUT2D eigenvalue weighted by atomic mass is 15.0. The predicted octanol–water partition coefficient (Wildman–Crippen LogP) is 1.62. The van der Waals surface area contributed by atoms with E-state index in [9.17, 15) is 0 Å². The third-order valence-corrected chi connectivity index (χ3v) is 2.90. The Balaban J connectivity index is 2.03. The molecule has 0 heterocycles. The van der Waals surface area contributed by atoms with Crippen molar-refractivity contribution in [1.82, 2.24) is 10.6 Å². The van der Waals surface area contributed by atoms with E-state index >= 15 is 0 Å². The molecule has 2 N–H and O–H groups in total. The first-order valence-electron chi connectivity index (χ1n) is 5.51. The Kier molecular flexibility index (Phi) is 3.74. The van der Waals surface area contributed by atoms with Gasteiger partial charge in [0.1, 0.15) is 0 Å². The van der Waals surface area contributed by atoms with Gasteiger partial charge in [0.05, 0.1) is 0 Å². The van der Waals surface area contributed by atoms with Gasteiger partial charge in [-0.3, -0.25) is 0 Å². The molecule has 1 aliphatic rings. The Morgan fingerprint density at radius 3 is 2.46 bits per heavy atom. The largest absolute Gasteiger partial charge is 0.315 e. The molecule has 2 nitrogen and oxygen atoms in total. The standard InChI is InChI=1S/C11H24N2/c1-5-13-11(3,4)8-12-7-10-6-9(10)2/h9-10,12-13H,5-8H2,1-4H3. The summed E-state index contributed by atoms with van der Waals surface area (Å²) in [6, 6.07) is 0. The molecule has 13 heavy (non-hydrogen) atoms. The summed E-state index contributed by atoms with van der Waals surface area (Å²) >= 11 is 0. The normalized spacial score (nSPS) is 27.7. The number of hydrogen-bond donors (Lipinski definition) is 2. The Bertz CT molecular complexity index is 154. The summed E-state index contributed by atoms with van der Waals surface area (Å²) in [5.41, 5.74) is 0.243. The first-order valence-corrected chi connectivity index (χ1v) is 5.51. The van der Waals surface area contributed by atoms with Crippen molar-refractivity contribution in [2.45, 2.75) is 39.7 Å². The zero-order valence-electron chi connectivity index (χ0n) is 9.48. The van der Waals surface area contributed by atoms with E-state index in [0.717, 1.165) is 24.9 Å². The second-order valence-corrected chi connectivity index (χ2v) is 5.02. The van der Waals surface area contributed by atoms with Gasteiger partial charge >= 0.3 is 0 Å². The van der Waals surface area contributed by atoms with Crippen LogP contribution in [0, 0.1) is 11.8 Å². The molecule has 0 amide bonds. The summed E-state index contributed by atoms with van der Waals surface area (Å²) in [5.74, 6) is 1.92. The van der Waals surface area contributed by atoms with Crippen LogP contribution in [0.2, 0.25) is 0 Å². The minimum absolute atomic E-state index is 0.243. The van der Waals surface area contributed by atoms with Crippen LogP contribution in [0.5, 0.6) is 0 Å². The van der Waals surface area contributed by atoms with Crippen molar-refractivity contribution in [3.63, 3.8) is 0 Å². The van der Waals surface area contributed by atoms with Crippen LogP contribution in [-0.4, -0.2) is 25.2 Å². The fourth-order valence-electron chi connectivity index (χ4n) is 1.79. The van der Waals surface area contributed by atoms with E-state index < -0.39 is 0 Å². The first-order chi connectivity index (χ1) is 6.05. The van der Waals surface area contributed by atoms with Crippen LogP contribution in [0.1, 0.15) is 34.1 Å². The zero-order valence-corrected chi connectivity index (χ0v) is 9.48. The van der Waals surface area contributed by atoms with Gasteiger partial charge in [0, 0.05) is 12.1 Å². The highest BCUT2D eigenvalue weighted by Crippen LogP contribution is 2.36. The maximum absolute atomic E-state index is 3.54. The lowest BCUT2D eigenvalue weighted by Gasteiger charge is -2.26. The van der Waals surface area contributed by atoms with Crippen LogP contribution in [0.4, 0.5) is 0 Å². The topological polar surface area (TPSA) is 24.1 Å². The van der Waals surface area contributed by atoms with Gasteiger partial charge in [-0.1, -0.05) is 13.8 Å². The average molecular weight is 184 g/mol.